The minimum absolute atomic E-state index is 0.177. The van der Waals surface area contributed by atoms with Crippen molar-refractivity contribution in [2.24, 2.45) is 5.41 Å². The highest BCUT2D eigenvalue weighted by Gasteiger charge is 2.24. The van der Waals surface area contributed by atoms with Gasteiger partial charge in [0.05, 0.1) is 25.2 Å². The summed E-state index contributed by atoms with van der Waals surface area (Å²) in [6.07, 6.45) is 3.61. The van der Waals surface area contributed by atoms with Gasteiger partial charge in [0.15, 0.2) is 0 Å². The van der Waals surface area contributed by atoms with E-state index >= 15 is 0 Å². The second kappa shape index (κ2) is 7.68. The molecule has 0 saturated carbocycles. The third-order valence-corrected chi connectivity index (χ3v) is 3.72. The van der Waals surface area contributed by atoms with Gasteiger partial charge in [0.2, 0.25) is 0 Å². The van der Waals surface area contributed by atoms with E-state index in [0.29, 0.717) is 6.61 Å². The molecule has 1 aromatic carbocycles. The van der Waals surface area contributed by atoms with Crippen LogP contribution in [0.2, 0.25) is 0 Å². The van der Waals surface area contributed by atoms with Crippen LogP contribution in [0.1, 0.15) is 39.5 Å². The van der Waals surface area contributed by atoms with E-state index in [2.05, 4.69) is 19.9 Å². The van der Waals surface area contributed by atoms with Gasteiger partial charge in [-0.2, -0.15) is 5.26 Å². The van der Waals surface area contributed by atoms with Gasteiger partial charge in [-0.3, -0.25) is 0 Å². The van der Waals surface area contributed by atoms with Crippen molar-refractivity contribution in [1.29, 1.82) is 5.26 Å². The van der Waals surface area contributed by atoms with Crippen molar-refractivity contribution in [1.82, 2.24) is 0 Å². The van der Waals surface area contributed by atoms with Crippen LogP contribution in [0.5, 0.6) is 11.5 Å². The maximum Gasteiger partial charge on any atom is 0.119 e. The topological polar surface area (TPSA) is 42.2 Å². The maximum absolute atomic E-state index is 9.25. The predicted molar refractivity (Wildman–Crippen MR) is 76.4 cm³/mol. The van der Waals surface area contributed by atoms with E-state index in [4.69, 9.17) is 9.47 Å². The van der Waals surface area contributed by atoms with Crippen molar-refractivity contribution in [3.8, 4) is 17.6 Å². The summed E-state index contributed by atoms with van der Waals surface area (Å²) >= 11 is 0. The van der Waals surface area contributed by atoms with Crippen molar-refractivity contribution in [2.45, 2.75) is 39.5 Å². The average molecular weight is 261 g/mol. The van der Waals surface area contributed by atoms with Gasteiger partial charge >= 0.3 is 0 Å². The molecule has 1 rings (SSSR count). The monoisotopic (exact) mass is 261 g/mol. The smallest absolute Gasteiger partial charge is 0.119 e. The summed E-state index contributed by atoms with van der Waals surface area (Å²) < 4.78 is 10.8. The van der Waals surface area contributed by atoms with E-state index in [9.17, 15) is 5.26 Å². The molecule has 0 heterocycles. The largest absolute Gasteiger partial charge is 0.497 e. The summed E-state index contributed by atoms with van der Waals surface area (Å²) in [5.74, 6) is 1.67. The lowest BCUT2D eigenvalue weighted by molar-refractivity contribution is 0.258. The Morgan fingerprint density at radius 3 is 2.16 bits per heavy atom. The number of hydrogen-bond acceptors (Lipinski definition) is 3. The first-order chi connectivity index (χ1) is 9.19. The van der Waals surface area contributed by atoms with Gasteiger partial charge in [0.25, 0.3) is 0 Å². The Morgan fingerprint density at radius 2 is 1.68 bits per heavy atom. The second-order valence-corrected chi connectivity index (χ2v) is 4.73. The highest BCUT2D eigenvalue weighted by atomic mass is 16.5. The molecule has 0 spiro atoms. The molecule has 0 aromatic heterocycles. The van der Waals surface area contributed by atoms with Gasteiger partial charge in [-0.05, 0) is 49.9 Å². The van der Waals surface area contributed by atoms with Crippen LogP contribution in [0.4, 0.5) is 0 Å². The van der Waals surface area contributed by atoms with Gasteiger partial charge in [-0.25, -0.2) is 0 Å². The van der Waals surface area contributed by atoms with Gasteiger partial charge in [0, 0.05) is 0 Å². The van der Waals surface area contributed by atoms with Crippen molar-refractivity contribution in [3.05, 3.63) is 24.3 Å². The fourth-order valence-electron chi connectivity index (χ4n) is 2.09. The number of hydrogen-bond donors (Lipinski definition) is 0. The molecular weight excluding hydrogens is 238 g/mol. The summed E-state index contributed by atoms with van der Waals surface area (Å²) in [7, 11) is 1.65. The molecule has 0 aliphatic heterocycles. The molecule has 3 heteroatoms. The van der Waals surface area contributed by atoms with Crippen LogP contribution in [0.3, 0.4) is 0 Å². The lowest BCUT2D eigenvalue weighted by Crippen LogP contribution is -2.17. The summed E-state index contributed by atoms with van der Waals surface area (Å²) in [6.45, 7) is 4.81. The first-order valence-electron chi connectivity index (χ1n) is 6.88. The van der Waals surface area contributed by atoms with Gasteiger partial charge in [-0.15, -0.1) is 0 Å². The van der Waals surface area contributed by atoms with E-state index in [-0.39, 0.29) is 5.41 Å². The lowest BCUT2D eigenvalue weighted by Gasteiger charge is -2.22. The van der Waals surface area contributed by atoms with E-state index < -0.39 is 0 Å². The zero-order valence-electron chi connectivity index (χ0n) is 12.1. The Kier molecular flexibility index (Phi) is 6.21. The Bertz CT molecular complexity index is 402. The molecule has 0 bridgehead atoms. The van der Waals surface area contributed by atoms with Crippen LogP contribution in [0.25, 0.3) is 0 Å². The van der Waals surface area contributed by atoms with Crippen molar-refractivity contribution >= 4 is 0 Å². The fraction of sp³-hybridized carbons (Fsp3) is 0.562. The quantitative estimate of drug-likeness (QED) is 0.659. The molecule has 0 saturated heterocycles. The molecule has 0 N–H and O–H groups in total. The average Bonchev–Trinajstić information content (AvgIpc) is 2.49. The molecule has 19 heavy (non-hydrogen) atoms. The summed E-state index contributed by atoms with van der Waals surface area (Å²) in [5, 5.41) is 9.25. The number of ether oxygens (including phenoxy) is 2. The van der Waals surface area contributed by atoms with Crippen LogP contribution in [0.15, 0.2) is 24.3 Å². The number of nitriles is 1. The van der Waals surface area contributed by atoms with Gasteiger partial charge in [0.1, 0.15) is 11.5 Å². The molecule has 3 nitrogen and oxygen atoms in total. The Morgan fingerprint density at radius 1 is 1.11 bits per heavy atom. The predicted octanol–water partition coefficient (Wildman–Crippen LogP) is 4.18. The molecule has 0 atom stereocenters. The molecule has 0 aliphatic rings. The molecular formula is C16H23NO2. The summed E-state index contributed by atoms with van der Waals surface area (Å²) in [6, 6.07) is 10.0. The molecule has 0 aliphatic carbocycles. The standard InChI is InChI=1S/C16H23NO2/c1-4-16(5-2,13-17)11-6-12-19-15-9-7-14(18-3)8-10-15/h7-10H,4-6,11-12H2,1-3H3. The Labute approximate surface area is 116 Å². The third-order valence-electron chi connectivity index (χ3n) is 3.72. The zero-order valence-corrected chi connectivity index (χ0v) is 12.1. The van der Waals surface area contributed by atoms with Gasteiger partial charge in [-0.1, -0.05) is 13.8 Å². The van der Waals surface area contributed by atoms with Gasteiger partial charge < -0.3 is 9.47 Å². The lowest BCUT2D eigenvalue weighted by atomic mass is 9.80. The summed E-state index contributed by atoms with van der Waals surface area (Å²) in [5.41, 5.74) is -0.177. The summed E-state index contributed by atoms with van der Waals surface area (Å²) in [4.78, 5) is 0. The van der Waals surface area contributed by atoms with Crippen molar-refractivity contribution in [2.75, 3.05) is 13.7 Å². The van der Waals surface area contributed by atoms with E-state index in [1.807, 2.05) is 24.3 Å². The first kappa shape index (κ1) is 15.4. The van der Waals surface area contributed by atoms with Crippen LogP contribution >= 0.6 is 0 Å². The van der Waals surface area contributed by atoms with Crippen molar-refractivity contribution in [3.63, 3.8) is 0 Å². The molecule has 0 radical (unpaired) electrons. The third kappa shape index (κ3) is 4.48. The van der Waals surface area contributed by atoms with Crippen LogP contribution < -0.4 is 9.47 Å². The Balaban J connectivity index is 2.36. The number of rotatable bonds is 8. The first-order valence-corrected chi connectivity index (χ1v) is 6.88. The number of benzene rings is 1. The molecule has 1 aromatic rings. The number of methoxy groups -OCH3 is 1. The second-order valence-electron chi connectivity index (χ2n) is 4.73. The maximum atomic E-state index is 9.25. The van der Waals surface area contributed by atoms with Crippen LogP contribution in [0, 0.1) is 16.7 Å². The Hall–Kier alpha value is -1.69. The van der Waals surface area contributed by atoms with Crippen LogP contribution in [-0.4, -0.2) is 13.7 Å². The molecule has 0 amide bonds. The SMILES string of the molecule is CCC(C#N)(CC)CCCOc1ccc(OC)cc1. The fourth-order valence-corrected chi connectivity index (χ4v) is 2.09. The van der Waals surface area contributed by atoms with Crippen LogP contribution in [-0.2, 0) is 0 Å². The van der Waals surface area contributed by atoms with E-state index in [1.165, 1.54) is 0 Å². The normalized spacial score (nSPS) is 10.8. The number of nitrogens with zero attached hydrogens (tertiary/aromatic N) is 1. The molecule has 0 fully saturated rings. The highest BCUT2D eigenvalue weighted by molar-refractivity contribution is 5.31. The zero-order chi connectivity index (χ0) is 14.1. The van der Waals surface area contributed by atoms with E-state index in [1.54, 1.807) is 7.11 Å². The minimum Gasteiger partial charge on any atom is -0.497 e. The molecule has 104 valence electrons. The molecule has 0 unspecified atom stereocenters. The minimum atomic E-state index is -0.177. The van der Waals surface area contributed by atoms with E-state index in [0.717, 1.165) is 37.2 Å². The highest BCUT2D eigenvalue weighted by Crippen LogP contribution is 2.31. The van der Waals surface area contributed by atoms with Crippen molar-refractivity contribution < 1.29 is 9.47 Å².